The lowest BCUT2D eigenvalue weighted by molar-refractivity contribution is -0.385. The summed E-state index contributed by atoms with van der Waals surface area (Å²) in [6.07, 6.45) is 1.15. The number of aryl methyl sites for hydroxylation is 1. The van der Waals surface area contributed by atoms with Gasteiger partial charge in [0.25, 0.3) is 5.69 Å². The molecule has 0 aliphatic heterocycles. The van der Waals surface area contributed by atoms with Gasteiger partial charge < -0.3 is 0 Å². The third kappa shape index (κ3) is 1.33. The van der Waals surface area contributed by atoms with E-state index in [1.54, 1.807) is 6.07 Å². The second-order valence-corrected chi connectivity index (χ2v) is 4.00. The summed E-state index contributed by atoms with van der Waals surface area (Å²) in [6.45, 7) is 0. The van der Waals surface area contributed by atoms with Crippen LogP contribution in [-0.2, 0) is 6.42 Å². The van der Waals surface area contributed by atoms with Gasteiger partial charge in [-0.15, -0.1) is 0 Å². The molecule has 1 aromatic rings. The molecule has 4 nitrogen and oxygen atoms in total. The first kappa shape index (κ1) is 9.33. The number of benzene rings is 1. The highest BCUT2D eigenvalue weighted by Crippen LogP contribution is 2.32. The Labute approximate surface area is 88.2 Å². The van der Waals surface area contributed by atoms with Gasteiger partial charge >= 0.3 is 0 Å². The summed E-state index contributed by atoms with van der Waals surface area (Å²) in [7, 11) is 0. The van der Waals surface area contributed by atoms with Gasteiger partial charge in [0, 0.05) is 18.1 Å². The molecule has 1 aliphatic rings. The van der Waals surface area contributed by atoms with Crippen molar-refractivity contribution in [2.24, 2.45) is 0 Å². The molecule has 0 amide bonds. The molecule has 0 saturated heterocycles. The molecule has 0 radical (unpaired) electrons. The van der Waals surface area contributed by atoms with Crippen LogP contribution in [-0.4, -0.2) is 10.7 Å². The summed E-state index contributed by atoms with van der Waals surface area (Å²) in [4.78, 5) is 21.4. The fraction of sp³-hybridized carbons (Fsp3) is 0.222. The topological polar surface area (TPSA) is 60.2 Å². The Morgan fingerprint density at radius 3 is 2.71 bits per heavy atom. The van der Waals surface area contributed by atoms with Gasteiger partial charge in [-0.05, 0) is 34.0 Å². The maximum atomic E-state index is 11.3. The quantitative estimate of drug-likeness (QED) is 0.572. The van der Waals surface area contributed by atoms with Crippen LogP contribution in [0.25, 0.3) is 0 Å². The Morgan fingerprint density at radius 2 is 2.07 bits per heavy atom. The molecule has 0 bridgehead atoms. The number of halogens is 1. The van der Waals surface area contributed by atoms with E-state index in [4.69, 9.17) is 0 Å². The van der Waals surface area contributed by atoms with Gasteiger partial charge in [-0.1, -0.05) is 0 Å². The van der Waals surface area contributed by atoms with Gasteiger partial charge in [-0.3, -0.25) is 14.9 Å². The minimum absolute atomic E-state index is 0.00407. The zero-order valence-corrected chi connectivity index (χ0v) is 8.70. The average molecular weight is 256 g/mol. The Balaban J connectivity index is 2.62. The minimum Gasteiger partial charge on any atom is -0.294 e. The van der Waals surface area contributed by atoms with Gasteiger partial charge in [0.05, 0.1) is 9.40 Å². The predicted molar refractivity (Wildman–Crippen MR) is 53.4 cm³/mol. The second kappa shape index (κ2) is 3.16. The largest absolute Gasteiger partial charge is 0.294 e. The van der Waals surface area contributed by atoms with Gasteiger partial charge in [-0.25, -0.2) is 0 Å². The highest BCUT2D eigenvalue weighted by Gasteiger charge is 2.24. The highest BCUT2D eigenvalue weighted by molar-refractivity contribution is 9.10. The number of carbonyl (C=O) groups is 1. The molecular weight excluding hydrogens is 250 g/mol. The van der Waals surface area contributed by atoms with Crippen molar-refractivity contribution in [3.05, 3.63) is 37.8 Å². The van der Waals surface area contributed by atoms with Crippen LogP contribution in [0, 0.1) is 10.1 Å². The van der Waals surface area contributed by atoms with Gasteiger partial charge in [-0.2, -0.15) is 0 Å². The Hall–Kier alpha value is -1.23. The lowest BCUT2D eigenvalue weighted by atomic mass is 10.1. The molecule has 0 spiro atoms. The number of ketones is 1. The number of hydrogen-bond donors (Lipinski definition) is 0. The third-order valence-electron chi connectivity index (χ3n) is 2.29. The number of nitro groups is 1. The van der Waals surface area contributed by atoms with Crippen LogP contribution in [0.1, 0.15) is 22.3 Å². The van der Waals surface area contributed by atoms with E-state index in [0.29, 0.717) is 22.9 Å². The second-order valence-electron chi connectivity index (χ2n) is 3.14. The Bertz CT molecular complexity index is 441. The van der Waals surface area contributed by atoms with Crippen molar-refractivity contribution in [2.75, 3.05) is 0 Å². The van der Waals surface area contributed by atoms with Crippen molar-refractivity contribution >= 4 is 27.4 Å². The van der Waals surface area contributed by atoms with Gasteiger partial charge in [0.2, 0.25) is 0 Å². The van der Waals surface area contributed by atoms with Crippen LogP contribution >= 0.6 is 15.9 Å². The fourth-order valence-electron chi connectivity index (χ4n) is 1.59. The standard InChI is InChI=1S/C9H6BrNO3/c10-7-3-5-1-2-9(12)6(5)4-8(7)11(13)14/h3-4H,1-2H2. The number of nitro benzene ring substituents is 1. The molecule has 1 aliphatic carbocycles. The summed E-state index contributed by atoms with van der Waals surface area (Å²) >= 11 is 3.12. The average Bonchev–Trinajstić information content (AvgIpc) is 2.46. The zero-order chi connectivity index (χ0) is 10.3. The fourth-order valence-corrected chi connectivity index (χ4v) is 2.13. The van der Waals surface area contributed by atoms with Gasteiger partial charge in [0.15, 0.2) is 5.78 Å². The summed E-state index contributed by atoms with van der Waals surface area (Å²) < 4.78 is 0.441. The van der Waals surface area contributed by atoms with Crippen molar-refractivity contribution < 1.29 is 9.72 Å². The molecule has 0 aromatic heterocycles. The molecule has 0 unspecified atom stereocenters. The molecule has 1 aromatic carbocycles. The SMILES string of the molecule is O=C1CCc2cc(Br)c([N+](=O)[O-])cc21. The molecule has 0 fully saturated rings. The summed E-state index contributed by atoms with van der Waals surface area (Å²) in [5.74, 6) is -0.00407. The van der Waals surface area contributed by atoms with Crippen molar-refractivity contribution in [3.8, 4) is 0 Å². The van der Waals surface area contributed by atoms with Crippen LogP contribution < -0.4 is 0 Å². The third-order valence-corrected chi connectivity index (χ3v) is 2.93. The smallest absolute Gasteiger partial charge is 0.284 e. The number of carbonyl (C=O) groups excluding carboxylic acids is 1. The van der Waals surface area contributed by atoms with Gasteiger partial charge in [0.1, 0.15) is 0 Å². The maximum absolute atomic E-state index is 11.3. The van der Waals surface area contributed by atoms with E-state index in [1.807, 2.05) is 0 Å². The molecule has 0 heterocycles. The normalized spacial score (nSPS) is 14.2. The first-order valence-corrected chi connectivity index (χ1v) is 4.89. The molecule has 0 saturated carbocycles. The number of rotatable bonds is 1. The molecule has 5 heteroatoms. The number of Topliss-reactive ketones (excluding diaryl/α,β-unsaturated/α-hetero) is 1. The zero-order valence-electron chi connectivity index (χ0n) is 7.12. The van der Waals surface area contributed by atoms with E-state index in [9.17, 15) is 14.9 Å². The molecular formula is C9H6BrNO3. The van der Waals surface area contributed by atoms with Crippen molar-refractivity contribution in [1.82, 2.24) is 0 Å². The first-order valence-electron chi connectivity index (χ1n) is 4.09. The summed E-state index contributed by atoms with van der Waals surface area (Å²) in [6, 6.07) is 3.02. The van der Waals surface area contributed by atoms with Crippen LogP contribution in [0.4, 0.5) is 5.69 Å². The van der Waals surface area contributed by atoms with Crippen molar-refractivity contribution in [1.29, 1.82) is 0 Å². The van der Waals surface area contributed by atoms with Crippen molar-refractivity contribution in [3.63, 3.8) is 0 Å². The number of nitrogens with zero attached hydrogens (tertiary/aromatic N) is 1. The highest BCUT2D eigenvalue weighted by atomic mass is 79.9. The van der Waals surface area contributed by atoms with Crippen LogP contribution in [0.5, 0.6) is 0 Å². The summed E-state index contributed by atoms with van der Waals surface area (Å²) in [5.41, 5.74) is 1.35. The lowest BCUT2D eigenvalue weighted by Crippen LogP contribution is -1.95. The van der Waals surface area contributed by atoms with E-state index in [-0.39, 0.29) is 11.5 Å². The molecule has 2 rings (SSSR count). The summed E-state index contributed by atoms with van der Waals surface area (Å²) in [5, 5.41) is 10.6. The maximum Gasteiger partial charge on any atom is 0.284 e. The Morgan fingerprint density at radius 1 is 1.36 bits per heavy atom. The van der Waals surface area contributed by atoms with E-state index >= 15 is 0 Å². The number of fused-ring (bicyclic) bond motifs is 1. The molecule has 14 heavy (non-hydrogen) atoms. The molecule has 0 atom stereocenters. The van der Waals surface area contributed by atoms with E-state index in [1.165, 1.54) is 6.07 Å². The lowest BCUT2D eigenvalue weighted by Gasteiger charge is -1.99. The van der Waals surface area contributed by atoms with E-state index in [2.05, 4.69) is 15.9 Å². The van der Waals surface area contributed by atoms with Crippen LogP contribution in [0.3, 0.4) is 0 Å². The van der Waals surface area contributed by atoms with Crippen molar-refractivity contribution in [2.45, 2.75) is 12.8 Å². The number of hydrogen-bond acceptors (Lipinski definition) is 3. The molecule has 72 valence electrons. The van der Waals surface area contributed by atoms with E-state index < -0.39 is 4.92 Å². The van der Waals surface area contributed by atoms with Crippen LogP contribution in [0.15, 0.2) is 16.6 Å². The monoisotopic (exact) mass is 255 g/mol. The van der Waals surface area contributed by atoms with Crippen LogP contribution in [0.2, 0.25) is 0 Å². The first-order chi connectivity index (χ1) is 6.59. The predicted octanol–water partition coefficient (Wildman–Crippen LogP) is 2.49. The molecule has 0 N–H and O–H groups in total. The van der Waals surface area contributed by atoms with E-state index in [0.717, 1.165) is 5.56 Å². The Kier molecular flexibility index (Phi) is 2.11. The minimum atomic E-state index is -0.490.